The molecule has 40 heavy (non-hydrogen) atoms. The van der Waals surface area contributed by atoms with Gasteiger partial charge in [-0.1, -0.05) is 13.8 Å². The Morgan fingerprint density at radius 3 is 1.98 bits per heavy atom. The molecule has 3 amide bonds. The molecule has 1 rings (SSSR count). The number of carboxylic acids is 1. The maximum absolute atomic E-state index is 13.2. The van der Waals surface area contributed by atoms with Gasteiger partial charge in [0, 0.05) is 31.4 Å². The second kappa shape index (κ2) is 17.2. The topological polar surface area (TPSA) is 308 Å². The molecule has 0 bridgehead atoms. The summed E-state index contributed by atoms with van der Waals surface area (Å²) in [6.07, 6.45) is 3.93. The summed E-state index contributed by atoms with van der Waals surface area (Å²) in [5.41, 5.74) is 27.6. The average Bonchev–Trinajstić information content (AvgIpc) is 3.38. The van der Waals surface area contributed by atoms with Crippen molar-refractivity contribution in [3.63, 3.8) is 0 Å². The van der Waals surface area contributed by atoms with E-state index in [1.165, 1.54) is 12.5 Å². The highest BCUT2D eigenvalue weighted by molar-refractivity contribution is 5.94. The van der Waals surface area contributed by atoms with Crippen LogP contribution < -0.4 is 44.6 Å². The summed E-state index contributed by atoms with van der Waals surface area (Å²) >= 11 is 0. The molecule has 224 valence electrons. The number of rotatable bonds is 18. The highest BCUT2D eigenvalue weighted by Gasteiger charge is 2.32. The minimum atomic E-state index is -1.26. The Kier molecular flexibility index (Phi) is 14.5. The Balaban J connectivity index is 2.94. The third-order valence-corrected chi connectivity index (χ3v) is 5.72. The maximum atomic E-state index is 13.2. The van der Waals surface area contributed by atoms with Crippen LogP contribution in [0.25, 0.3) is 0 Å². The Morgan fingerprint density at radius 2 is 1.48 bits per heavy atom. The van der Waals surface area contributed by atoms with Crippen molar-refractivity contribution >= 4 is 35.6 Å². The van der Waals surface area contributed by atoms with Gasteiger partial charge in [0.2, 0.25) is 17.7 Å². The lowest BCUT2D eigenvalue weighted by molar-refractivity contribution is -0.142. The summed E-state index contributed by atoms with van der Waals surface area (Å²) in [6, 6.07) is -4.37. The standard InChI is InChI=1S/C23H42N12O5/c1-12(2)17(35-18(36)14(24)5-3-7-30-22(25)26)20(38)34-16(9-13-10-29-11-32-13)19(37)33-15(21(39)40)6-4-8-31-23(27)28/h10-12,14-17H,3-9,24H2,1-2H3,(H,29,32)(H,33,37)(H,34,38)(H,35,36)(H,39,40)(H4,25,26,30)(H4,27,28,31). The zero-order valence-electron chi connectivity index (χ0n) is 22.8. The first-order valence-electron chi connectivity index (χ1n) is 12.8. The molecule has 0 saturated carbocycles. The molecule has 0 aliphatic carbocycles. The number of imidazole rings is 1. The van der Waals surface area contributed by atoms with Crippen molar-refractivity contribution in [3.05, 3.63) is 18.2 Å². The first-order valence-corrected chi connectivity index (χ1v) is 12.8. The summed E-state index contributed by atoms with van der Waals surface area (Å²) < 4.78 is 0. The molecule has 0 saturated heterocycles. The van der Waals surface area contributed by atoms with E-state index in [1.807, 2.05) is 0 Å². The zero-order valence-corrected chi connectivity index (χ0v) is 22.8. The molecule has 17 heteroatoms. The third kappa shape index (κ3) is 12.9. The number of nitrogens with zero attached hydrogens (tertiary/aromatic N) is 3. The van der Waals surface area contributed by atoms with Crippen LogP contribution in [-0.2, 0) is 25.6 Å². The van der Waals surface area contributed by atoms with Gasteiger partial charge in [0.05, 0.1) is 12.4 Å². The van der Waals surface area contributed by atoms with Crippen molar-refractivity contribution < 1.29 is 24.3 Å². The fourth-order valence-corrected chi connectivity index (χ4v) is 3.57. The number of amides is 3. The molecule has 0 radical (unpaired) electrons. The number of aliphatic carboxylic acids is 1. The van der Waals surface area contributed by atoms with Gasteiger partial charge >= 0.3 is 5.97 Å². The van der Waals surface area contributed by atoms with Crippen LogP contribution in [0.5, 0.6) is 0 Å². The Labute approximate surface area is 232 Å². The van der Waals surface area contributed by atoms with E-state index < -0.39 is 47.9 Å². The number of guanidine groups is 2. The van der Waals surface area contributed by atoms with E-state index in [-0.39, 0.29) is 43.6 Å². The molecule has 15 N–H and O–H groups in total. The summed E-state index contributed by atoms with van der Waals surface area (Å²) in [5.74, 6) is -3.75. The normalized spacial score (nSPS) is 13.8. The van der Waals surface area contributed by atoms with Gasteiger partial charge in [-0.3, -0.25) is 24.4 Å². The number of nitrogens with two attached hydrogens (primary N) is 5. The highest BCUT2D eigenvalue weighted by atomic mass is 16.4. The quantitative estimate of drug-likeness (QED) is 0.0473. The van der Waals surface area contributed by atoms with Crippen LogP contribution >= 0.6 is 0 Å². The van der Waals surface area contributed by atoms with Crippen molar-refractivity contribution in [2.75, 3.05) is 13.1 Å². The second-order valence-electron chi connectivity index (χ2n) is 9.48. The van der Waals surface area contributed by atoms with Crippen molar-refractivity contribution in [2.24, 2.45) is 44.6 Å². The molecule has 0 aliphatic rings. The Bertz CT molecular complexity index is 1020. The van der Waals surface area contributed by atoms with Crippen LogP contribution in [0.1, 0.15) is 45.2 Å². The van der Waals surface area contributed by atoms with Gasteiger partial charge in [-0.05, 0) is 31.6 Å². The number of aromatic amines is 1. The van der Waals surface area contributed by atoms with Crippen LogP contribution in [0.4, 0.5) is 0 Å². The number of hydrogen-bond acceptors (Lipinski definition) is 8. The van der Waals surface area contributed by atoms with E-state index in [1.54, 1.807) is 13.8 Å². The van der Waals surface area contributed by atoms with Crippen LogP contribution in [0.3, 0.4) is 0 Å². The summed E-state index contributed by atoms with van der Waals surface area (Å²) in [4.78, 5) is 65.2. The first kappa shape index (κ1) is 33.6. The van der Waals surface area contributed by atoms with E-state index in [0.29, 0.717) is 25.1 Å². The molecular formula is C23H42N12O5. The minimum Gasteiger partial charge on any atom is -0.480 e. The molecule has 4 unspecified atom stereocenters. The van der Waals surface area contributed by atoms with Crippen molar-refractivity contribution in [3.8, 4) is 0 Å². The minimum absolute atomic E-state index is 0.0129. The van der Waals surface area contributed by atoms with Gasteiger partial charge in [-0.25, -0.2) is 9.78 Å². The lowest BCUT2D eigenvalue weighted by atomic mass is 10.0. The lowest BCUT2D eigenvalue weighted by Gasteiger charge is -2.27. The molecular weight excluding hydrogens is 524 g/mol. The number of carboxylic acid groups (broad SMARTS) is 1. The summed E-state index contributed by atoms with van der Waals surface area (Å²) in [5, 5.41) is 17.3. The van der Waals surface area contributed by atoms with E-state index in [2.05, 4.69) is 35.9 Å². The molecule has 4 atom stereocenters. The van der Waals surface area contributed by atoms with E-state index in [9.17, 15) is 24.3 Å². The molecule has 17 nitrogen and oxygen atoms in total. The van der Waals surface area contributed by atoms with Crippen molar-refractivity contribution in [1.82, 2.24) is 25.9 Å². The molecule has 0 spiro atoms. The molecule has 0 aromatic carbocycles. The molecule has 1 aromatic rings. The fourth-order valence-electron chi connectivity index (χ4n) is 3.57. The predicted molar refractivity (Wildman–Crippen MR) is 148 cm³/mol. The predicted octanol–water partition coefficient (Wildman–Crippen LogP) is -3.42. The van der Waals surface area contributed by atoms with Crippen LogP contribution in [0, 0.1) is 5.92 Å². The van der Waals surface area contributed by atoms with Gasteiger partial charge < -0.3 is 54.7 Å². The average molecular weight is 567 g/mol. The monoisotopic (exact) mass is 566 g/mol. The Morgan fingerprint density at radius 1 is 0.900 bits per heavy atom. The second-order valence-corrected chi connectivity index (χ2v) is 9.48. The maximum Gasteiger partial charge on any atom is 0.326 e. The van der Waals surface area contributed by atoms with Gasteiger partial charge in [-0.2, -0.15) is 0 Å². The smallest absolute Gasteiger partial charge is 0.326 e. The van der Waals surface area contributed by atoms with E-state index in [4.69, 9.17) is 28.7 Å². The van der Waals surface area contributed by atoms with Gasteiger partial charge in [-0.15, -0.1) is 0 Å². The van der Waals surface area contributed by atoms with Gasteiger partial charge in [0.1, 0.15) is 18.1 Å². The zero-order chi connectivity index (χ0) is 30.2. The number of aliphatic imine (C=N–C) groups is 2. The van der Waals surface area contributed by atoms with Crippen molar-refractivity contribution in [1.29, 1.82) is 0 Å². The SMILES string of the molecule is CC(C)C(NC(=O)C(N)CCCN=C(N)N)C(=O)NC(Cc1cnc[nH]1)C(=O)NC(CCCN=C(N)N)C(=O)O. The number of aromatic nitrogens is 2. The van der Waals surface area contributed by atoms with Crippen molar-refractivity contribution in [2.45, 2.75) is 70.1 Å². The van der Waals surface area contributed by atoms with Gasteiger partial charge in [0.15, 0.2) is 11.9 Å². The highest BCUT2D eigenvalue weighted by Crippen LogP contribution is 2.08. The number of carbonyl (C=O) groups excluding carboxylic acids is 3. The van der Waals surface area contributed by atoms with Crippen LogP contribution in [0.2, 0.25) is 0 Å². The molecule has 1 aromatic heterocycles. The number of nitrogens with one attached hydrogen (secondary N) is 4. The molecule has 1 heterocycles. The number of hydrogen-bond donors (Lipinski definition) is 10. The third-order valence-electron chi connectivity index (χ3n) is 5.72. The first-order chi connectivity index (χ1) is 18.8. The van der Waals surface area contributed by atoms with E-state index >= 15 is 0 Å². The van der Waals surface area contributed by atoms with Gasteiger partial charge in [0.25, 0.3) is 0 Å². The molecule has 0 fully saturated rings. The summed E-state index contributed by atoms with van der Waals surface area (Å²) in [7, 11) is 0. The van der Waals surface area contributed by atoms with E-state index in [0.717, 1.165) is 0 Å². The van der Waals surface area contributed by atoms with Crippen LogP contribution in [-0.4, -0.2) is 87.9 Å². The summed E-state index contributed by atoms with van der Waals surface area (Å²) in [6.45, 7) is 3.92. The molecule has 0 aliphatic heterocycles. The fraction of sp³-hybridized carbons (Fsp3) is 0.609. The van der Waals surface area contributed by atoms with Crippen LogP contribution in [0.15, 0.2) is 22.5 Å². The lowest BCUT2D eigenvalue weighted by Crippen LogP contribution is -2.58. The Hall–Kier alpha value is -4.41. The largest absolute Gasteiger partial charge is 0.480 e. The number of H-pyrrole nitrogens is 1. The number of carbonyl (C=O) groups is 4.